The van der Waals surface area contributed by atoms with Crippen LogP contribution in [0, 0.1) is 17.6 Å². The second-order valence-corrected chi connectivity index (χ2v) is 11.6. The molecule has 6 rings (SSSR count). The van der Waals surface area contributed by atoms with Gasteiger partial charge in [-0.3, -0.25) is 9.36 Å². The monoisotopic (exact) mass is 568 g/mol. The number of aliphatic hydroxyl groups excluding tert-OH is 1. The molecule has 3 aliphatic rings. The molecule has 2 aromatic heterocycles. The highest BCUT2D eigenvalue weighted by molar-refractivity contribution is 5.79. The number of benzene rings is 1. The Kier molecular flexibility index (Phi) is 8.29. The summed E-state index contributed by atoms with van der Waals surface area (Å²) in [5, 5.41) is 22.9. The molecule has 41 heavy (non-hydrogen) atoms. The van der Waals surface area contributed by atoms with Crippen LogP contribution in [0.4, 0.5) is 26.4 Å². The van der Waals surface area contributed by atoms with E-state index in [-0.39, 0.29) is 41.7 Å². The number of fused-ring (bicyclic) bond motifs is 1. The molecule has 1 amide bonds. The van der Waals surface area contributed by atoms with Crippen molar-refractivity contribution in [2.24, 2.45) is 5.92 Å². The minimum absolute atomic E-state index is 0.0125. The van der Waals surface area contributed by atoms with Gasteiger partial charge in [0.2, 0.25) is 17.8 Å². The number of nitrogens with one attached hydrogen (secondary N) is 4. The Morgan fingerprint density at radius 3 is 2.44 bits per heavy atom. The van der Waals surface area contributed by atoms with E-state index in [4.69, 9.17) is 9.97 Å². The molecule has 2 saturated carbocycles. The lowest BCUT2D eigenvalue weighted by Gasteiger charge is -2.31. The van der Waals surface area contributed by atoms with E-state index in [1.807, 2.05) is 4.57 Å². The van der Waals surface area contributed by atoms with Gasteiger partial charge in [0.05, 0.1) is 18.0 Å². The molecule has 3 heterocycles. The summed E-state index contributed by atoms with van der Waals surface area (Å²) in [6.45, 7) is 1.86. The van der Waals surface area contributed by atoms with Gasteiger partial charge in [0.1, 0.15) is 17.2 Å². The maximum Gasteiger partial charge on any atom is 0.224 e. The van der Waals surface area contributed by atoms with E-state index in [1.54, 1.807) is 6.20 Å². The van der Waals surface area contributed by atoms with Crippen LogP contribution < -0.4 is 21.3 Å². The van der Waals surface area contributed by atoms with Crippen molar-refractivity contribution in [3.05, 3.63) is 36.0 Å². The number of amides is 1. The first-order valence-corrected chi connectivity index (χ1v) is 14.9. The Morgan fingerprint density at radius 2 is 1.71 bits per heavy atom. The summed E-state index contributed by atoms with van der Waals surface area (Å²) >= 11 is 0. The number of hydrogen-bond donors (Lipinski definition) is 5. The summed E-state index contributed by atoms with van der Waals surface area (Å²) in [4.78, 5) is 27.0. The van der Waals surface area contributed by atoms with Gasteiger partial charge < -0.3 is 26.4 Å². The SMILES string of the molecule is O=C(NC1CCNCC1)C1CCC(n2c(Nc3ccc(F)cc3F)nc3cnc(NC4CCC(O)CC4)nc32)CC1. The number of nitrogens with zero attached hydrogens (tertiary/aromatic N) is 4. The Hall–Kier alpha value is -3.38. The van der Waals surface area contributed by atoms with Gasteiger partial charge in [0.25, 0.3) is 0 Å². The van der Waals surface area contributed by atoms with Crippen LogP contribution in [0.5, 0.6) is 0 Å². The molecule has 0 spiro atoms. The molecule has 220 valence electrons. The first kappa shape index (κ1) is 27.8. The third-order valence-corrected chi connectivity index (χ3v) is 8.76. The number of halogens is 2. The lowest BCUT2D eigenvalue weighted by Crippen LogP contribution is -2.45. The van der Waals surface area contributed by atoms with Gasteiger partial charge in [-0.25, -0.2) is 18.7 Å². The van der Waals surface area contributed by atoms with E-state index in [2.05, 4.69) is 26.3 Å². The molecule has 0 atom stereocenters. The molecule has 1 saturated heterocycles. The summed E-state index contributed by atoms with van der Waals surface area (Å²) in [5.41, 5.74) is 1.29. The molecule has 0 unspecified atom stereocenters. The van der Waals surface area contributed by atoms with Gasteiger partial charge in [-0.2, -0.15) is 4.98 Å². The molecule has 1 aliphatic heterocycles. The highest BCUT2D eigenvalue weighted by Crippen LogP contribution is 2.37. The number of carbonyl (C=O) groups excluding carboxylic acids is 1. The third-order valence-electron chi connectivity index (χ3n) is 8.76. The van der Waals surface area contributed by atoms with Crippen molar-refractivity contribution >= 4 is 34.7 Å². The summed E-state index contributed by atoms with van der Waals surface area (Å²) in [6.07, 6.45) is 9.39. The molecule has 1 aromatic carbocycles. The fourth-order valence-electron chi connectivity index (χ4n) is 6.39. The van der Waals surface area contributed by atoms with E-state index >= 15 is 0 Å². The topological polar surface area (TPSA) is 129 Å². The van der Waals surface area contributed by atoms with E-state index in [9.17, 15) is 18.7 Å². The third kappa shape index (κ3) is 6.43. The number of hydrogen-bond acceptors (Lipinski definition) is 8. The van der Waals surface area contributed by atoms with Crippen molar-refractivity contribution < 1.29 is 18.7 Å². The smallest absolute Gasteiger partial charge is 0.224 e. The number of aliphatic hydroxyl groups is 1. The zero-order chi connectivity index (χ0) is 28.3. The molecule has 5 N–H and O–H groups in total. The first-order valence-electron chi connectivity index (χ1n) is 14.9. The van der Waals surface area contributed by atoms with Gasteiger partial charge in [0, 0.05) is 30.1 Å². The fraction of sp³-hybridized carbons (Fsp3) is 0.586. The Labute approximate surface area is 237 Å². The molecule has 0 bridgehead atoms. The minimum atomic E-state index is -0.713. The maximum absolute atomic E-state index is 14.6. The van der Waals surface area contributed by atoms with E-state index < -0.39 is 11.6 Å². The Balaban J connectivity index is 1.24. The molecular weight excluding hydrogens is 530 g/mol. The van der Waals surface area contributed by atoms with E-state index in [1.165, 1.54) is 12.1 Å². The van der Waals surface area contributed by atoms with Crippen molar-refractivity contribution in [1.82, 2.24) is 30.2 Å². The van der Waals surface area contributed by atoms with Crippen LogP contribution in [0.1, 0.15) is 70.3 Å². The van der Waals surface area contributed by atoms with Gasteiger partial charge in [-0.1, -0.05) is 0 Å². The average Bonchev–Trinajstić information content (AvgIpc) is 3.33. The zero-order valence-electron chi connectivity index (χ0n) is 23.1. The van der Waals surface area contributed by atoms with Crippen LogP contribution in [-0.2, 0) is 4.79 Å². The Morgan fingerprint density at radius 1 is 0.951 bits per heavy atom. The molecule has 12 heteroatoms. The average molecular weight is 569 g/mol. The van der Waals surface area contributed by atoms with Crippen molar-refractivity contribution in [2.45, 2.75) is 88.4 Å². The number of anilines is 3. The summed E-state index contributed by atoms with van der Waals surface area (Å²) in [5.74, 6) is -0.399. The molecule has 3 aromatic rings. The van der Waals surface area contributed by atoms with Crippen LogP contribution >= 0.6 is 0 Å². The van der Waals surface area contributed by atoms with Gasteiger partial charge in [-0.05, 0) is 89.4 Å². The minimum Gasteiger partial charge on any atom is -0.393 e. The zero-order valence-corrected chi connectivity index (χ0v) is 23.1. The van der Waals surface area contributed by atoms with Gasteiger partial charge >= 0.3 is 0 Å². The molecule has 0 radical (unpaired) electrons. The normalized spacial score (nSPS) is 25.6. The van der Waals surface area contributed by atoms with Crippen molar-refractivity contribution in [1.29, 1.82) is 0 Å². The summed E-state index contributed by atoms with van der Waals surface area (Å²) < 4.78 is 30.2. The molecule has 10 nitrogen and oxygen atoms in total. The quantitative estimate of drug-likeness (QED) is 0.287. The van der Waals surface area contributed by atoms with Crippen LogP contribution in [0.2, 0.25) is 0 Å². The predicted octanol–water partition coefficient (Wildman–Crippen LogP) is 4.16. The fourth-order valence-corrected chi connectivity index (χ4v) is 6.39. The number of aromatic nitrogens is 4. The van der Waals surface area contributed by atoms with Gasteiger partial charge in [0.15, 0.2) is 5.65 Å². The van der Waals surface area contributed by atoms with Crippen LogP contribution in [-0.4, -0.2) is 61.8 Å². The van der Waals surface area contributed by atoms with Gasteiger partial charge in [-0.15, -0.1) is 0 Å². The van der Waals surface area contributed by atoms with Crippen molar-refractivity contribution in [3.63, 3.8) is 0 Å². The predicted molar refractivity (Wildman–Crippen MR) is 152 cm³/mol. The molecule has 2 aliphatic carbocycles. The lowest BCUT2D eigenvalue weighted by atomic mass is 9.85. The standard InChI is InChI=1S/C29H38F2N8O2/c30-18-3-10-24(23(31)15-18)36-29-37-25-16-33-28(35-19-4-8-22(40)9-5-19)38-26(25)39(29)21-6-1-17(2-7-21)27(41)34-20-11-13-32-14-12-20/h3,10,15-17,19-22,32,40H,1-2,4-9,11-14H2,(H,34,41)(H,36,37)(H,33,35,38). The van der Waals surface area contributed by atoms with Crippen molar-refractivity contribution in [2.75, 3.05) is 23.7 Å². The molecular formula is C29H38F2N8O2. The summed E-state index contributed by atoms with van der Waals surface area (Å²) in [7, 11) is 0. The lowest BCUT2D eigenvalue weighted by molar-refractivity contribution is -0.127. The van der Waals surface area contributed by atoms with Crippen LogP contribution in [0.3, 0.4) is 0 Å². The number of rotatable bonds is 7. The first-order chi connectivity index (χ1) is 19.9. The largest absolute Gasteiger partial charge is 0.393 e. The summed E-state index contributed by atoms with van der Waals surface area (Å²) in [6, 6.07) is 3.79. The highest BCUT2D eigenvalue weighted by Gasteiger charge is 2.31. The number of piperidine rings is 1. The van der Waals surface area contributed by atoms with Crippen LogP contribution in [0.25, 0.3) is 11.2 Å². The highest BCUT2D eigenvalue weighted by atomic mass is 19.1. The number of imidazole rings is 1. The maximum atomic E-state index is 14.6. The number of carbonyl (C=O) groups is 1. The van der Waals surface area contributed by atoms with Crippen LogP contribution in [0.15, 0.2) is 24.4 Å². The Bertz CT molecular complexity index is 1360. The second kappa shape index (κ2) is 12.2. The van der Waals surface area contributed by atoms with E-state index in [0.29, 0.717) is 23.1 Å². The second-order valence-electron chi connectivity index (χ2n) is 11.6. The molecule has 3 fully saturated rings. The van der Waals surface area contributed by atoms with Crippen molar-refractivity contribution in [3.8, 4) is 0 Å². The van der Waals surface area contributed by atoms with E-state index in [0.717, 1.165) is 83.4 Å².